The third-order valence-corrected chi connectivity index (χ3v) is 3.65. The van der Waals surface area contributed by atoms with E-state index in [1.165, 1.54) is 12.8 Å². The van der Waals surface area contributed by atoms with Crippen molar-refractivity contribution >= 4 is 5.97 Å². The Hall–Kier alpha value is -0.750. The highest BCUT2D eigenvalue weighted by Crippen LogP contribution is 2.31. The number of carbonyl (C=O) groups is 1. The molecule has 1 aliphatic heterocycles. The Morgan fingerprint density at radius 1 is 1.39 bits per heavy atom. The van der Waals surface area contributed by atoms with Gasteiger partial charge >= 0.3 is 5.97 Å². The van der Waals surface area contributed by atoms with Gasteiger partial charge in [0.2, 0.25) is 0 Å². The molecule has 0 aromatic carbocycles. The first-order valence-electron chi connectivity index (χ1n) is 6.51. The van der Waals surface area contributed by atoms with Gasteiger partial charge in [0.05, 0.1) is 12.5 Å². The highest BCUT2D eigenvalue weighted by molar-refractivity contribution is 5.70. The van der Waals surface area contributed by atoms with Gasteiger partial charge in [-0.2, -0.15) is 0 Å². The molecule has 104 valence electrons. The van der Waals surface area contributed by atoms with Crippen LogP contribution in [0.2, 0.25) is 0 Å². The monoisotopic (exact) mass is 262 g/mol. The van der Waals surface area contributed by atoms with Crippen molar-refractivity contribution in [3.05, 3.63) is 0 Å². The summed E-state index contributed by atoms with van der Waals surface area (Å²) in [6.45, 7) is 1.80. The Bertz CT molecular complexity index is 298. The summed E-state index contributed by atoms with van der Waals surface area (Å²) < 4.78 is 24.3. The second kappa shape index (κ2) is 5.93. The van der Waals surface area contributed by atoms with Crippen LogP contribution in [0.3, 0.4) is 0 Å². The number of carboxylic acids is 1. The van der Waals surface area contributed by atoms with Crippen LogP contribution in [0, 0.1) is 11.8 Å². The summed E-state index contributed by atoms with van der Waals surface area (Å²) in [6.07, 6.45) is 0.489. The molecular formula is C12H20F2N2O2. The molecule has 2 atom stereocenters. The summed E-state index contributed by atoms with van der Waals surface area (Å²) in [6, 6.07) is -0.132. The molecule has 0 bridgehead atoms. The van der Waals surface area contributed by atoms with Crippen LogP contribution in [0.25, 0.3) is 0 Å². The van der Waals surface area contributed by atoms with Gasteiger partial charge in [-0.3, -0.25) is 4.79 Å². The minimum Gasteiger partial charge on any atom is -0.481 e. The molecule has 18 heavy (non-hydrogen) atoms. The predicted octanol–water partition coefficient (Wildman–Crippen LogP) is 1.03. The normalized spacial score (nSPS) is 29.7. The second-order valence-electron chi connectivity index (χ2n) is 5.43. The average molecular weight is 262 g/mol. The van der Waals surface area contributed by atoms with Crippen molar-refractivity contribution in [1.29, 1.82) is 0 Å². The van der Waals surface area contributed by atoms with E-state index in [1.807, 2.05) is 0 Å². The van der Waals surface area contributed by atoms with Crippen molar-refractivity contribution in [2.45, 2.75) is 31.7 Å². The van der Waals surface area contributed by atoms with Crippen molar-refractivity contribution < 1.29 is 18.7 Å². The van der Waals surface area contributed by atoms with E-state index in [-0.39, 0.29) is 12.6 Å². The fourth-order valence-electron chi connectivity index (χ4n) is 2.59. The van der Waals surface area contributed by atoms with Crippen molar-refractivity contribution in [1.82, 2.24) is 10.2 Å². The van der Waals surface area contributed by atoms with Gasteiger partial charge in [0.1, 0.15) is 0 Å². The van der Waals surface area contributed by atoms with Gasteiger partial charge < -0.3 is 15.3 Å². The van der Waals surface area contributed by atoms with E-state index in [0.29, 0.717) is 25.4 Å². The lowest BCUT2D eigenvalue weighted by Crippen LogP contribution is -2.52. The molecule has 1 saturated heterocycles. The number of halogens is 2. The maximum Gasteiger partial charge on any atom is 0.307 e. The van der Waals surface area contributed by atoms with E-state index in [0.717, 1.165) is 6.54 Å². The van der Waals surface area contributed by atoms with Crippen LogP contribution >= 0.6 is 0 Å². The topological polar surface area (TPSA) is 52.6 Å². The van der Waals surface area contributed by atoms with E-state index < -0.39 is 18.3 Å². The summed E-state index contributed by atoms with van der Waals surface area (Å²) in [7, 11) is 0. The molecule has 0 aromatic heterocycles. The lowest BCUT2D eigenvalue weighted by atomic mass is 9.94. The molecule has 1 heterocycles. The lowest BCUT2D eigenvalue weighted by Gasteiger charge is -2.36. The third kappa shape index (κ3) is 4.17. The van der Waals surface area contributed by atoms with E-state index in [1.54, 1.807) is 0 Å². The van der Waals surface area contributed by atoms with E-state index in [9.17, 15) is 13.6 Å². The third-order valence-electron chi connectivity index (χ3n) is 3.65. The van der Waals surface area contributed by atoms with Crippen LogP contribution in [0.4, 0.5) is 8.78 Å². The van der Waals surface area contributed by atoms with Crippen LogP contribution < -0.4 is 5.32 Å². The minimum atomic E-state index is -2.38. The lowest BCUT2D eigenvalue weighted by molar-refractivity contribution is -0.144. The van der Waals surface area contributed by atoms with Crippen molar-refractivity contribution in [2.24, 2.45) is 11.8 Å². The van der Waals surface area contributed by atoms with Gasteiger partial charge in [0.25, 0.3) is 6.43 Å². The Labute approximate surface area is 105 Å². The number of likely N-dealkylation sites (tertiary alicyclic amines) is 1. The van der Waals surface area contributed by atoms with Gasteiger partial charge in [-0.25, -0.2) is 8.78 Å². The number of carboxylic acid groups (broad SMARTS) is 1. The van der Waals surface area contributed by atoms with Gasteiger partial charge in [0.15, 0.2) is 0 Å². The van der Waals surface area contributed by atoms with Crippen LogP contribution in [-0.4, -0.2) is 54.6 Å². The Morgan fingerprint density at radius 3 is 2.67 bits per heavy atom. The molecule has 2 unspecified atom stereocenters. The Balaban J connectivity index is 1.85. The predicted molar refractivity (Wildman–Crippen MR) is 62.7 cm³/mol. The van der Waals surface area contributed by atoms with Gasteiger partial charge in [-0.15, -0.1) is 0 Å². The first-order valence-corrected chi connectivity index (χ1v) is 6.51. The standard InChI is InChI=1S/C12H20F2N2O2/c13-11(14)4-15-10-3-9(12(17)18)6-16(7-10)5-8-1-2-8/h8-11,15H,1-7H2,(H,17,18). The summed E-state index contributed by atoms with van der Waals surface area (Å²) in [5.41, 5.74) is 0. The first-order chi connectivity index (χ1) is 8.54. The van der Waals surface area contributed by atoms with Crippen molar-refractivity contribution in [3.8, 4) is 0 Å². The average Bonchev–Trinajstić information content (AvgIpc) is 3.10. The molecule has 0 spiro atoms. The zero-order valence-electron chi connectivity index (χ0n) is 10.3. The molecule has 1 saturated carbocycles. The summed E-state index contributed by atoms with van der Waals surface area (Å²) in [5, 5.41) is 11.9. The quantitative estimate of drug-likeness (QED) is 0.750. The maximum absolute atomic E-state index is 12.2. The molecule has 2 fully saturated rings. The summed E-state index contributed by atoms with van der Waals surface area (Å²) >= 11 is 0. The van der Waals surface area contributed by atoms with Crippen LogP contribution in [0.5, 0.6) is 0 Å². The number of alkyl halides is 2. The number of nitrogens with one attached hydrogen (secondary N) is 1. The van der Waals surface area contributed by atoms with E-state index >= 15 is 0 Å². The molecular weight excluding hydrogens is 242 g/mol. The van der Waals surface area contributed by atoms with Gasteiger partial charge in [0, 0.05) is 25.7 Å². The number of hydrogen-bond acceptors (Lipinski definition) is 3. The second-order valence-corrected chi connectivity index (χ2v) is 5.43. The number of rotatable bonds is 6. The van der Waals surface area contributed by atoms with E-state index in [2.05, 4.69) is 10.2 Å². The molecule has 6 heteroatoms. The highest BCUT2D eigenvalue weighted by Gasteiger charge is 2.34. The fourth-order valence-corrected chi connectivity index (χ4v) is 2.59. The van der Waals surface area contributed by atoms with Crippen LogP contribution in [0.15, 0.2) is 0 Å². The number of aliphatic carboxylic acids is 1. The minimum absolute atomic E-state index is 0.132. The van der Waals surface area contributed by atoms with Crippen LogP contribution in [-0.2, 0) is 4.79 Å². The molecule has 2 rings (SSSR count). The number of hydrogen-bond donors (Lipinski definition) is 2. The highest BCUT2D eigenvalue weighted by atomic mass is 19.3. The molecule has 0 radical (unpaired) electrons. The van der Waals surface area contributed by atoms with Crippen LogP contribution in [0.1, 0.15) is 19.3 Å². The molecule has 2 aliphatic rings. The Morgan fingerprint density at radius 2 is 2.11 bits per heavy atom. The zero-order valence-corrected chi connectivity index (χ0v) is 10.3. The molecule has 1 aliphatic carbocycles. The SMILES string of the molecule is O=C(O)C1CC(NCC(F)F)CN(CC2CC2)C1. The summed E-state index contributed by atoms with van der Waals surface area (Å²) in [5.74, 6) is -0.569. The molecule has 0 amide bonds. The molecule has 4 nitrogen and oxygen atoms in total. The molecule has 2 N–H and O–H groups in total. The number of nitrogens with zero attached hydrogens (tertiary/aromatic N) is 1. The van der Waals surface area contributed by atoms with Gasteiger partial charge in [-0.05, 0) is 25.2 Å². The number of piperidine rings is 1. The van der Waals surface area contributed by atoms with Crippen molar-refractivity contribution in [2.75, 3.05) is 26.2 Å². The maximum atomic E-state index is 12.2. The zero-order chi connectivity index (χ0) is 13.1. The first kappa shape index (κ1) is 13.7. The fraction of sp³-hybridized carbons (Fsp3) is 0.917. The Kier molecular flexibility index (Phi) is 4.50. The molecule has 0 aromatic rings. The smallest absolute Gasteiger partial charge is 0.307 e. The van der Waals surface area contributed by atoms with Gasteiger partial charge in [-0.1, -0.05) is 0 Å². The largest absolute Gasteiger partial charge is 0.481 e. The van der Waals surface area contributed by atoms with Crippen molar-refractivity contribution in [3.63, 3.8) is 0 Å². The van der Waals surface area contributed by atoms with E-state index in [4.69, 9.17) is 5.11 Å². The summed E-state index contributed by atoms with van der Waals surface area (Å²) in [4.78, 5) is 13.2.